The van der Waals surface area contributed by atoms with Gasteiger partial charge in [0.25, 0.3) is 0 Å². The van der Waals surface area contributed by atoms with Crippen LogP contribution in [0.3, 0.4) is 0 Å². The fraction of sp³-hybridized carbons (Fsp3) is 0.160. The lowest BCUT2D eigenvalue weighted by atomic mass is 9.82. The van der Waals surface area contributed by atoms with E-state index in [9.17, 15) is 14.9 Å². The summed E-state index contributed by atoms with van der Waals surface area (Å²) in [5, 5.41) is 16.5. The maximum atomic E-state index is 12.8. The van der Waals surface area contributed by atoms with Crippen LogP contribution in [0.2, 0.25) is 0 Å². The number of carbonyl (C=O) groups is 2. The standard InChI is InChI=1S/C25H23N3O3S/c1-3-14-31-25(30)22-17(2)27-24(20(15-26)23(22)18-10-6-4-7-11-18)32-16-21(29)28-19-12-8-5-9-13-19/h3-13,23,27H,1,14,16H2,2H3,(H,28,29). The lowest BCUT2D eigenvalue weighted by Crippen LogP contribution is -2.29. The van der Waals surface area contributed by atoms with Crippen LogP contribution in [0, 0.1) is 11.3 Å². The van der Waals surface area contributed by atoms with E-state index < -0.39 is 11.9 Å². The first kappa shape index (κ1) is 22.9. The first-order valence-corrected chi connectivity index (χ1v) is 11.0. The highest BCUT2D eigenvalue weighted by Crippen LogP contribution is 2.40. The molecule has 0 saturated heterocycles. The number of nitriles is 1. The number of rotatable bonds is 8. The Labute approximate surface area is 191 Å². The molecule has 1 atom stereocenters. The summed E-state index contributed by atoms with van der Waals surface area (Å²) in [5.41, 5.74) is 2.81. The Hall–Kier alpha value is -3.76. The molecule has 0 aliphatic carbocycles. The Morgan fingerprint density at radius 2 is 1.84 bits per heavy atom. The zero-order chi connectivity index (χ0) is 22.9. The molecule has 3 rings (SSSR count). The van der Waals surface area contributed by atoms with E-state index >= 15 is 0 Å². The Kier molecular flexibility index (Phi) is 7.90. The van der Waals surface area contributed by atoms with Crippen molar-refractivity contribution in [2.24, 2.45) is 0 Å². The lowest BCUT2D eigenvalue weighted by molar-refractivity contribution is -0.138. The number of benzene rings is 2. The van der Waals surface area contributed by atoms with Crippen LogP contribution in [0.4, 0.5) is 5.69 Å². The summed E-state index contributed by atoms with van der Waals surface area (Å²) in [5.74, 6) is -1.20. The van der Waals surface area contributed by atoms with E-state index in [1.54, 1.807) is 19.1 Å². The molecule has 1 aliphatic heterocycles. The predicted octanol–water partition coefficient (Wildman–Crippen LogP) is 4.48. The second-order valence-corrected chi connectivity index (χ2v) is 7.94. The third-order valence-electron chi connectivity index (χ3n) is 4.74. The zero-order valence-corrected chi connectivity index (χ0v) is 18.4. The van der Waals surface area contributed by atoms with Crippen LogP contribution in [-0.2, 0) is 14.3 Å². The number of hydrogen-bond donors (Lipinski definition) is 2. The van der Waals surface area contributed by atoms with E-state index in [0.29, 0.717) is 27.6 Å². The molecular formula is C25H23N3O3S. The van der Waals surface area contributed by atoms with Gasteiger partial charge in [-0.3, -0.25) is 4.79 Å². The number of amides is 1. The monoisotopic (exact) mass is 445 g/mol. The number of nitrogens with one attached hydrogen (secondary N) is 2. The van der Waals surface area contributed by atoms with Crippen LogP contribution in [0.1, 0.15) is 18.4 Å². The molecule has 1 unspecified atom stereocenters. The second-order valence-electron chi connectivity index (χ2n) is 6.95. The Balaban J connectivity index is 1.88. The molecule has 2 N–H and O–H groups in total. The summed E-state index contributed by atoms with van der Waals surface area (Å²) in [7, 11) is 0. The van der Waals surface area contributed by atoms with E-state index in [0.717, 1.165) is 5.56 Å². The summed E-state index contributed by atoms with van der Waals surface area (Å²) in [4.78, 5) is 25.2. The molecule has 1 heterocycles. The van der Waals surface area contributed by atoms with E-state index in [1.807, 2.05) is 48.5 Å². The number of anilines is 1. The van der Waals surface area contributed by atoms with Crippen molar-refractivity contribution in [2.45, 2.75) is 12.8 Å². The number of dihydropyridines is 1. The number of hydrogen-bond acceptors (Lipinski definition) is 6. The maximum Gasteiger partial charge on any atom is 0.337 e. The van der Waals surface area contributed by atoms with Crippen LogP contribution in [0.25, 0.3) is 0 Å². The largest absolute Gasteiger partial charge is 0.458 e. The van der Waals surface area contributed by atoms with Crippen molar-refractivity contribution in [1.29, 1.82) is 5.26 Å². The summed E-state index contributed by atoms with van der Waals surface area (Å²) in [6, 6.07) is 20.7. The van der Waals surface area contributed by atoms with Crippen LogP contribution < -0.4 is 10.6 Å². The third-order valence-corrected chi connectivity index (χ3v) is 5.75. The van der Waals surface area contributed by atoms with Crippen molar-refractivity contribution in [2.75, 3.05) is 17.7 Å². The van der Waals surface area contributed by atoms with Gasteiger partial charge < -0.3 is 15.4 Å². The molecule has 2 aromatic carbocycles. The molecule has 6 nitrogen and oxygen atoms in total. The van der Waals surface area contributed by atoms with Gasteiger partial charge in [-0.25, -0.2) is 4.79 Å². The third kappa shape index (κ3) is 5.48. The Morgan fingerprint density at radius 3 is 2.47 bits per heavy atom. The zero-order valence-electron chi connectivity index (χ0n) is 17.6. The minimum Gasteiger partial charge on any atom is -0.458 e. The molecule has 32 heavy (non-hydrogen) atoms. The van der Waals surface area contributed by atoms with Crippen molar-refractivity contribution >= 4 is 29.3 Å². The highest BCUT2D eigenvalue weighted by Gasteiger charge is 2.35. The lowest BCUT2D eigenvalue weighted by Gasteiger charge is -2.29. The number of carbonyl (C=O) groups excluding carboxylic acids is 2. The number of para-hydroxylation sites is 1. The van der Waals surface area contributed by atoms with Gasteiger partial charge in [0.2, 0.25) is 5.91 Å². The maximum absolute atomic E-state index is 12.8. The van der Waals surface area contributed by atoms with Crippen molar-refractivity contribution in [3.05, 3.63) is 101 Å². The quantitative estimate of drug-likeness (QED) is 0.460. The van der Waals surface area contributed by atoms with E-state index in [4.69, 9.17) is 4.74 Å². The van der Waals surface area contributed by atoms with Crippen LogP contribution in [-0.4, -0.2) is 24.2 Å². The van der Waals surface area contributed by atoms with E-state index in [-0.39, 0.29) is 18.3 Å². The molecule has 7 heteroatoms. The minimum absolute atomic E-state index is 0.0734. The van der Waals surface area contributed by atoms with Gasteiger partial charge in [-0.15, -0.1) is 0 Å². The van der Waals surface area contributed by atoms with Crippen molar-refractivity contribution in [1.82, 2.24) is 5.32 Å². The van der Waals surface area contributed by atoms with Crippen LogP contribution in [0.5, 0.6) is 0 Å². The SMILES string of the molecule is C=CCOC(=O)C1=C(C)NC(SCC(=O)Nc2ccccc2)=C(C#N)C1c1ccccc1. The highest BCUT2D eigenvalue weighted by molar-refractivity contribution is 8.03. The number of esters is 1. The summed E-state index contributed by atoms with van der Waals surface area (Å²) in [6.45, 7) is 5.41. The molecule has 0 radical (unpaired) electrons. The van der Waals surface area contributed by atoms with Gasteiger partial charge in [-0.2, -0.15) is 5.26 Å². The molecule has 162 valence electrons. The molecule has 0 aromatic heterocycles. The topological polar surface area (TPSA) is 91.2 Å². The van der Waals surface area contributed by atoms with Crippen molar-refractivity contribution in [3.8, 4) is 6.07 Å². The average molecular weight is 446 g/mol. The fourth-order valence-corrected chi connectivity index (χ4v) is 4.24. The smallest absolute Gasteiger partial charge is 0.337 e. The fourth-order valence-electron chi connectivity index (χ4n) is 3.34. The number of nitrogens with zero attached hydrogens (tertiary/aromatic N) is 1. The molecule has 0 saturated carbocycles. The van der Waals surface area contributed by atoms with Crippen molar-refractivity contribution in [3.63, 3.8) is 0 Å². The summed E-state index contributed by atoms with van der Waals surface area (Å²) < 4.78 is 5.29. The summed E-state index contributed by atoms with van der Waals surface area (Å²) >= 11 is 1.22. The normalized spacial score (nSPS) is 15.4. The van der Waals surface area contributed by atoms with Gasteiger partial charge in [0.05, 0.1) is 33.9 Å². The van der Waals surface area contributed by atoms with Crippen molar-refractivity contribution < 1.29 is 14.3 Å². The molecule has 0 spiro atoms. The molecule has 0 bridgehead atoms. The van der Waals surface area contributed by atoms with Gasteiger partial charge in [0.15, 0.2) is 0 Å². The number of ether oxygens (including phenoxy) is 1. The molecule has 1 aliphatic rings. The predicted molar refractivity (Wildman–Crippen MR) is 126 cm³/mol. The Morgan fingerprint density at radius 1 is 1.19 bits per heavy atom. The van der Waals surface area contributed by atoms with Gasteiger partial charge in [-0.05, 0) is 24.6 Å². The van der Waals surface area contributed by atoms with E-state index in [2.05, 4.69) is 23.3 Å². The van der Waals surface area contributed by atoms with Gasteiger partial charge in [0.1, 0.15) is 6.61 Å². The second kappa shape index (κ2) is 11.0. The summed E-state index contributed by atoms with van der Waals surface area (Å²) in [6.07, 6.45) is 1.50. The molecular weight excluding hydrogens is 422 g/mol. The molecule has 0 fully saturated rings. The number of allylic oxidation sites excluding steroid dienone is 2. The average Bonchev–Trinajstić information content (AvgIpc) is 2.81. The Bertz CT molecular complexity index is 1100. The van der Waals surface area contributed by atoms with Gasteiger partial charge in [0, 0.05) is 11.4 Å². The minimum atomic E-state index is -0.598. The van der Waals surface area contributed by atoms with Crippen LogP contribution >= 0.6 is 11.8 Å². The molecule has 2 aromatic rings. The number of thioether (sulfide) groups is 1. The molecule has 1 amide bonds. The first-order valence-electron chi connectivity index (χ1n) is 9.97. The highest BCUT2D eigenvalue weighted by atomic mass is 32.2. The van der Waals surface area contributed by atoms with Gasteiger partial charge >= 0.3 is 5.97 Å². The van der Waals surface area contributed by atoms with E-state index in [1.165, 1.54) is 17.8 Å². The van der Waals surface area contributed by atoms with Crippen LogP contribution in [0.15, 0.2) is 95.2 Å². The first-order chi connectivity index (χ1) is 15.5. The van der Waals surface area contributed by atoms with Gasteiger partial charge in [-0.1, -0.05) is 72.9 Å².